The van der Waals surface area contributed by atoms with Gasteiger partial charge in [0.05, 0.1) is 12.1 Å². The fourth-order valence-electron chi connectivity index (χ4n) is 1.77. The highest BCUT2D eigenvalue weighted by Crippen LogP contribution is 2.24. The number of benzene rings is 1. The molecule has 1 aromatic heterocycles. The summed E-state index contributed by atoms with van der Waals surface area (Å²) in [6.45, 7) is 7.93. The van der Waals surface area contributed by atoms with Crippen LogP contribution in [0.2, 0.25) is 0 Å². The Morgan fingerprint density at radius 2 is 1.67 bits per heavy atom. The topological polar surface area (TPSA) is 45.4 Å². The number of hydrogen-bond donors (Lipinski definition) is 2. The molecule has 0 aliphatic rings. The van der Waals surface area contributed by atoms with Crippen LogP contribution in [0.3, 0.4) is 0 Å². The van der Waals surface area contributed by atoms with Crippen LogP contribution in [-0.4, -0.2) is 16.2 Å². The van der Waals surface area contributed by atoms with E-state index in [0.29, 0.717) is 12.3 Å². The average Bonchev–Trinajstić information content (AvgIpc) is 2.85. The van der Waals surface area contributed by atoms with Crippen LogP contribution in [0.15, 0.2) is 40.8 Å². The first-order chi connectivity index (χ1) is 9.69. The Balaban J connectivity index is 2.06. The van der Waals surface area contributed by atoms with Crippen molar-refractivity contribution in [2.45, 2.75) is 45.4 Å². The van der Waals surface area contributed by atoms with Gasteiger partial charge in [-0.1, -0.05) is 0 Å². The molecule has 0 amide bonds. The summed E-state index contributed by atoms with van der Waals surface area (Å²) in [4.78, 5) is 0. The molecule has 0 aliphatic carbocycles. The van der Waals surface area contributed by atoms with E-state index >= 15 is 0 Å². The number of rotatable bonds is 5. The van der Waals surface area contributed by atoms with Crippen LogP contribution < -0.4 is 5.32 Å². The maximum Gasteiger partial charge on any atom is 0.134 e. The SMILES string of the molecule is CC(C)(O)C(C)(C)NCc1ccc(-c2ccc(F)cc2)o1. The molecule has 0 bridgehead atoms. The highest BCUT2D eigenvalue weighted by Gasteiger charge is 2.34. The summed E-state index contributed by atoms with van der Waals surface area (Å²) < 4.78 is 18.7. The van der Waals surface area contributed by atoms with E-state index in [1.54, 1.807) is 26.0 Å². The molecular formula is C17H22FNO2. The van der Waals surface area contributed by atoms with E-state index in [0.717, 1.165) is 11.3 Å². The Labute approximate surface area is 124 Å². The molecule has 0 fully saturated rings. The molecule has 0 spiro atoms. The first kappa shape index (κ1) is 15.7. The van der Waals surface area contributed by atoms with Crippen molar-refractivity contribution >= 4 is 0 Å². The molecule has 2 N–H and O–H groups in total. The van der Waals surface area contributed by atoms with E-state index in [1.165, 1.54) is 12.1 Å². The number of hydrogen-bond acceptors (Lipinski definition) is 3. The first-order valence-corrected chi connectivity index (χ1v) is 7.01. The van der Waals surface area contributed by atoms with Gasteiger partial charge in [-0.2, -0.15) is 0 Å². The molecule has 0 radical (unpaired) electrons. The van der Waals surface area contributed by atoms with Gasteiger partial charge in [0.2, 0.25) is 0 Å². The van der Waals surface area contributed by atoms with E-state index < -0.39 is 11.1 Å². The largest absolute Gasteiger partial charge is 0.460 e. The molecule has 0 atom stereocenters. The summed E-state index contributed by atoms with van der Waals surface area (Å²) in [6.07, 6.45) is 0. The Morgan fingerprint density at radius 1 is 1.05 bits per heavy atom. The van der Waals surface area contributed by atoms with Gasteiger partial charge < -0.3 is 14.8 Å². The second kappa shape index (κ2) is 5.62. The number of halogens is 1. The molecule has 2 aromatic rings. The van der Waals surface area contributed by atoms with Crippen LogP contribution in [0.25, 0.3) is 11.3 Å². The normalized spacial score (nSPS) is 12.7. The third-order valence-electron chi connectivity index (χ3n) is 4.02. The average molecular weight is 291 g/mol. The summed E-state index contributed by atoms with van der Waals surface area (Å²) in [5.41, 5.74) is -0.459. The first-order valence-electron chi connectivity index (χ1n) is 7.01. The quantitative estimate of drug-likeness (QED) is 0.882. The molecule has 1 heterocycles. The lowest BCUT2D eigenvalue weighted by molar-refractivity contribution is -0.00599. The molecule has 2 rings (SSSR count). The molecule has 0 unspecified atom stereocenters. The summed E-state index contributed by atoms with van der Waals surface area (Å²) in [7, 11) is 0. The zero-order valence-electron chi connectivity index (χ0n) is 12.9. The highest BCUT2D eigenvalue weighted by molar-refractivity contribution is 5.57. The highest BCUT2D eigenvalue weighted by atomic mass is 19.1. The van der Waals surface area contributed by atoms with Crippen molar-refractivity contribution in [1.29, 1.82) is 0 Å². The molecule has 3 nitrogen and oxygen atoms in total. The van der Waals surface area contributed by atoms with E-state index in [9.17, 15) is 9.50 Å². The van der Waals surface area contributed by atoms with Gasteiger partial charge in [0.1, 0.15) is 17.3 Å². The summed E-state index contributed by atoms with van der Waals surface area (Å²) in [6, 6.07) is 9.94. The molecule has 0 saturated heterocycles. The molecule has 4 heteroatoms. The van der Waals surface area contributed by atoms with E-state index in [4.69, 9.17) is 4.42 Å². The third kappa shape index (κ3) is 3.71. The third-order valence-corrected chi connectivity index (χ3v) is 4.02. The second-order valence-corrected chi connectivity index (χ2v) is 6.31. The predicted octanol–water partition coefficient (Wildman–Crippen LogP) is 3.72. The van der Waals surface area contributed by atoms with Crippen LogP contribution in [-0.2, 0) is 6.54 Å². The van der Waals surface area contributed by atoms with Gasteiger partial charge in [-0.15, -0.1) is 0 Å². The van der Waals surface area contributed by atoms with Crippen molar-refractivity contribution in [3.8, 4) is 11.3 Å². The van der Waals surface area contributed by atoms with Crippen LogP contribution in [0.1, 0.15) is 33.5 Å². The molecule has 21 heavy (non-hydrogen) atoms. The Hall–Kier alpha value is -1.65. The summed E-state index contributed by atoms with van der Waals surface area (Å²) in [5, 5.41) is 13.4. The van der Waals surface area contributed by atoms with Gasteiger partial charge in [-0.25, -0.2) is 4.39 Å². The lowest BCUT2D eigenvalue weighted by Gasteiger charge is -2.38. The van der Waals surface area contributed by atoms with Crippen molar-refractivity contribution in [2.75, 3.05) is 0 Å². The van der Waals surface area contributed by atoms with Gasteiger partial charge in [0, 0.05) is 11.1 Å². The standard InChI is InChI=1S/C17H22FNO2/c1-16(2,17(3,4)20)19-11-14-9-10-15(21-14)12-5-7-13(18)8-6-12/h5-10,19-20H,11H2,1-4H3. The predicted molar refractivity (Wildman–Crippen MR) is 81.3 cm³/mol. The van der Waals surface area contributed by atoms with Gasteiger partial charge in [-0.3, -0.25) is 0 Å². The Kier molecular flexibility index (Phi) is 4.21. The number of nitrogens with one attached hydrogen (secondary N) is 1. The van der Waals surface area contributed by atoms with Gasteiger partial charge in [-0.05, 0) is 64.1 Å². The monoisotopic (exact) mass is 291 g/mol. The molecule has 1 aromatic carbocycles. The van der Waals surface area contributed by atoms with Crippen LogP contribution in [0.4, 0.5) is 4.39 Å². The minimum atomic E-state index is -0.848. The Morgan fingerprint density at radius 3 is 2.24 bits per heavy atom. The Bertz CT molecular complexity index is 594. The maximum absolute atomic E-state index is 12.9. The molecular weight excluding hydrogens is 269 g/mol. The number of aliphatic hydroxyl groups is 1. The zero-order chi connectivity index (χ0) is 15.7. The zero-order valence-corrected chi connectivity index (χ0v) is 12.9. The lowest BCUT2D eigenvalue weighted by atomic mass is 9.86. The van der Waals surface area contributed by atoms with E-state index in [2.05, 4.69) is 5.32 Å². The summed E-state index contributed by atoms with van der Waals surface area (Å²) >= 11 is 0. The maximum atomic E-state index is 12.9. The van der Waals surface area contributed by atoms with Crippen LogP contribution in [0.5, 0.6) is 0 Å². The minimum absolute atomic E-state index is 0.265. The fraction of sp³-hybridized carbons (Fsp3) is 0.412. The van der Waals surface area contributed by atoms with Gasteiger partial charge in [0.25, 0.3) is 0 Å². The van der Waals surface area contributed by atoms with Crippen molar-refractivity contribution < 1.29 is 13.9 Å². The molecule has 114 valence electrons. The van der Waals surface area contributed by atoms with Gasteiger partial charge in [0.15, 0.2) is 0 Å². The molecule has 0 saturated carbocycles. The fourth-order valence-corrected chi connectivity index (χ4v) is 1.77. The summed E-state index contributed by atoms with van der Waals surface area (Å²) in [5.74, 6) is 1.21. The number of furan rings is 1. The van der Waals surface area contributed by atoms with Crippen molar-refractivity contribution in [3.63, 3.8) is 0 Å². The lowest BCUT2D eigenvalue weighted by Crippen LogP contribution is -2.55. The van der Waals surface area contributed by atoms with Crippen molar-refractivity contribution in [3.05, 3.63) is 48.0 Å². The minimum Gasteiger partial charge on any atom is -0.460 e. The second-order valence-electron chi connectivity index (χ2n) is 6.31. The smallest absolute Gasteiger partial charge is 0.134 e. The van der Waals surface area contributed by atoms with E-state index in [1.807, 2.05) is 26.0 Å². The van der Waals surface area contributed by atoms with E-state index in [-0.39, 0.29) is 5.82 Å². The van der Waals surface area contributed by atoms with Crippen LogP contribution in [0, 0.1) is 5.82 Å². The van der Waals surface area contributed by atoms with Gasteiger partial charge >= 0.3 is 0 Å². The van der Waals surface area contributed by atoms with Crippen molar-refractivity contribution in [1.82, 2.24) is 5.32 Å². The van der Waals surface area contributed by atoms with Crippen LogP contribution >= 0.6 is 0 Å². The molecule has 0 aliphatic heterocycles. The van der Waals surface area contributed by atoms with Crippen molar-refractivity contribution in [2.24, 2.45) is 0 Å².